The molecule has 17 heteroatoms. The number of hydrogen-bond acceptors (Lipinski definition) is 6. The van der Waals surface area contributed by atoms with Crippen LogP contribution in [-0.2, 0) is 11.3 Å². The summed E-state index contributed by atoms with van der Waals surface area (Å²) in [5.74, 6) is -0.606. The molecule has 41 heavy (non-hydrogen) atoms. The lowest BCUT2D eigenvalue weighted by Crippen LogP contribution is -2.44. The summed E-state index contributed by atoms with van der Waals surface area (Å²) in [4.78, 5) is 37.6. The Balaban J connectivity index is 1.59. The largest absolute Gasteiger partial charge is 0.416 e. The number of fused-ring (bicyclic) bond motifs is 1. The second kappa shape index (κ2) is 10.8. The molecule has 1 fully saturated rings. The molecular weight excluding hydrogens is 562 g/mol. The summed E-state index contributed by atoms with van der Waals surface area (Å²) in [6, 6.07) is 0.166. The van der Waals surface area contributed by atoms with Crippen molar-refractivity contribution in [1.29, 1.82) is 0 Å². The molecule has 0 bridgehead atoms. The molecule has 1 aliphatic heterocycles. The fourth-order valence-corrected chi connectivity index (χ4v) is 4.01. The van der Waals surface area contributed by atoms with Crippen LogP contribution in [0.3, 0.4) is 0 Å². The highest BCUT2D eigenvalue weighted by Gasteiger charge is 2.49. The van der Waals surface area contributed by atoms with Crippen LogP contribution in [0.2, 0.25) is 0 Å². The number of imidazole rings is 1. The van der Waals surface area contributed by atoms with Crippen LogP contribution >= 0.6 is 0 Å². The number of halogens is 6. The Morgan fingerprint density at radius 2 is 1.85 bits per heavy atom. The standard InChI is InChI=1S/C24H28F6N8O3/c1-12(2)38-16(7-8-31-38)20(39)34-15(11-41-22(3,4)24(28,29)30)19-33-14-6-5-13(32-18(14)36-19)9-37-10-17(23(25,26)27)35-21(37)40/h5-8,12,15,17H,9-11H2,1-4H3,(H,34,39)(H,35,40)(H,32,33,36)/t15-,17-/m0/s1. The molecule has 0 aromatic carbocycles. The van der Waals surface area contributed by atoms with Gasteiger partial charge in [-0.2, -0.15) is 31.4 Å². The number of urea groups is 1. The van der Waals surface area contributed by atoms with Gasteiger partial charge in [0.05, 0.1) is 30.9 Å². The van der Waals surface area contributed by atoms with Crippen molar-refractivity contribution in [3.63, 3.8) is 0 Å². The second-order valence-electron chi connectivity index (χ2n) is 10.3. The van der Waals surface area contributed by atoms with E-state index in [-0.39, 0.29) is 35.4 Å². The third-order valence-corrected chi connectivity index (χ3v) is 6.48. The van der Waals surface area contributed by atoms with Crippen LogP contribution in [0.25, 0.3) is 11.2 Å². The highest BCUT2D eigenvalue weighted by Crippen LogP contribution is 2.34. The summed E-state index contributed by atoms with van der Waals surface area (Å²) in [7, 11) is 0. The molecule has 0 aliphatic carbocycles. The van der Waals surface area contributed by atoms with E-state index in [0.717, 1.165) is 18.7 Å². The summed E-state index contributed by atoms with van der Waals surface area (Å²) >= 11 is 0. The highest BCUT2D eigenvalue weighted by molar-refractivity contribution is 5.92. The van der Waals surface area contributed by atoms with E-state index in [1.165, 1.54) is 29.1 Å². The summed E-state index contributed by atoms with van der Waals surface area (Å²) in [6.45, 7) is 3.85. The molecule has 0 saturated carbocycles. The van der Waals surface area contributed by atoms with E-state index in [9.17, 15) is 35.9 Å². The van der Waals surface area contributed by atoms with Crippen LogP contribution < -0.4 is 10.6 Å². The molecule has 3 amide bonds. The monoisotopic (exact) mass is 590 g/mol. The van der Waals surface area contributed by atoms with Crippen LogP contribution in [-0.4, -0.2) is 78.7 Å². The van der Waals surface area contributed by atoms with Gasteiger partial charge in [-0.1, -0.05) is 0 Å². The van der Waals surface area contributed by atoms with Gasteiger partial charge in [-0.05, 0) is 45.9 Å². The number of H-pyrrole nitrogens is 1. The molecule has 3 N–H and O–H groups in total. The molecule has 4 rings (SSSR count). The molecular formula is C24H28F6N8O3. The van der Waals surface area contributed by atoms with Gasteiger partial charge in [0, 0.05) is 12.2 Å². The van der Waals surface area contributed by atoms with Crippen LogP contribution in [0.1, 0.15) is 61.8 Å². The van der Waals surface area contributed by atoms with E-state index < -0.39 is 55.1 Å². The van der Waals surface area contributed by atoms with Crippen LogP contribution in [0.15, 0.2) is 24.4 Å². The van der Waals surface area contributed by atoms with Gasteiger partial charge < -0.3 is 25.3 Å². The van der Waals surface area contributed by atoms with Gasteiger partial charge in [-0.3, -0.25) is 9.48 Å². The number of amides is 3. The molecule has 1 aliphatic rings. The number of aromatic amines is 1. The van der Waals surface area contributed by atoms with Gasteiger partial charge >= 0.3 is 18.4 Å². The number of nitrogens with one attached hydrogen (secondary N) is 3. The predicted octanol–water partition coefficient (Wildman–Crippen LogP) is 4.02. The van der Waals surface area contributed by atoms with Gasteiger partial charge in [0.15, 0.2) is 11.2 Å². The average Bonchev–Trinajstić information content (AvgIpc) is 3.59. The lowest BCUT2D eigenvalue weighted by Gasteiger charge is -2.30. The molecule has 4 heterocycles. The Kier molecular flexibility index (Phi) is 7.95. The number of alkyl halides is 6. The zero-order valence-electron chi connectivity index (χ0n) is 22.4. The van der Waals surface area contributed by atoms with Crippen LogP contribution in [0.4, 0.5) is 31.1 Å². The maximum Gasteiger partial charge on any atom is 0.416 e. The molecule has 11 nitrogen and oxygen atoms in total. The molecule has 3 aromatic heterocycles. The van der Waals surface area contributed by atoms with E-state index >= 15 is 0 Å². The number of ether oxygens (including phenoxy) is 1. The maximum atomic E-state index is 13.5. The van der Waals surface area contributed by atoms with Gasteiger partial charge in [0.1, 0.15) is 23.6 Å². The first-order chi connectivity index (χ1) is 19.0. The molecule has 1 saturated heterocycles. The molecule has 0 unspecified atom stereocenters. The van der Waals surface area contributed by atoms with Crippen molar-refractivity contribution in [1.82, 2.24) is 40.3 Å². The molecule has 2 atom stereocenters. The van der Waals surface area contributed by atoms with E-state index in [0.29, 0.717) is 5.52 Å². The number of hydrogen-bond donors (Lipinski definition) is 3. The summed E-state index contributed by atoms with van der Waals surface area (Å²) < 4.78 is 86.0. The van der Waals surface area contributed by atoms with Crippen molar-refractivity contribution >= 4 is 23.1 Å². The van der Waals surface area contributed by atoms with Crippen molar-refractivity contribution in [2.24, 2.45) is 0 Å². The quantitative estimate of drug-likeness (QED) is 0.323. The Labute approximate surface area is 229 Å². The zero-order chi connectivity index (χ0) is 30.3. The second-order valence-corrected chi connectivity index (χ2v) is 10.3. The minimum atomic E-state index is -4.70. The van der Waals surface area contributed by atoms with Gasteiger partial charge in [0.25, 0.3) is 5.91 Å². The molecule has 224 valence electrons. The first kappa shape index (κ1) is 30.1. The summed E-state index contributed by atoms with van der Waals surface area (Å²) in [6.07, 6.45) is -7.89. The Morgan fingerprint density at radius 3 is 2.46 bits per heavy atom. The normalized spacial score (nSPS) is 17.4. The first-order valence-electron chi connectivity index (χ1n) is 12.5. The lowest BCUT2D eigenvalue weighted by atomic mass is 10.1. The van der Waals surface area contributed by atoms with Gasteiger partial charge in [0.2, 0.25) is 0 Å². The number of carbonyl (C=O) groups is 2. The minimum Gasteiger partial charge on any atom is -0.364 e. The van der Waals surface area contributed by atoms with Crippen LogP contribution in [0.5, 0.6) is 0 Å². The van der Waals surface area contributed by atoms with Gasteiger partial charge in [-0.15, -0.1) is 0 Å². The van der Waals surface area contributed by atoms with E-state index in [1.807, 2.05) is 5.32 Å². The number of pyridine rings is 1. The van der Waals surface area contributed by atoms with E-state index in [1.54, 1.807) is 13.8 Å². The summed E-state index contributed by atoms with van der Waals surface area (Å²) in [5.41, 5.74) is -1.74. The van der Waals surface area contributed by atoms with Crippen molar-refractivity contribution in [2.45, 2.75) is 70.3 Å². The topological polar surface area (TPSA) is 130 Å². The third-order valence-electron chi connectivity index (χ3n) is 6.48. The van der Waals surface area contributed by atoms with Crippen molar-refractivity contribution in [2.75, 3.05) is 13.2 Å². The van der Waals surface area contributed by atoms with Crippen LogP contribution in [0, 0.1) is 0 Å². The lowest BCUT2D eigenvalue weighted by molar-refractivity contribution is -0.265. The van der Waals surface area contributed by atoms with E-state index in [4.69, 9.17) is 4.74 Å². The predicted molar refractivity (Wildman–Crippen MR) is 132 cm³/mol. The third kappa shape index (κ3) is 6.55. The number of nitrogens with zero attached hydrogens (tertiary/aromatic N) is 5. The van der Waals surface area contributed by atoms with Gasteiger partial charge in [-0.25, -0.2) is 14.8 Å². The number of rotatable bonds is 9. The SMILES string of the molecule is CC(C)n1nccc1C(=O)N[C@@H](COC(C)(C)C(F)(F)F)c1nc2nc(CN3C[C@@H](C(F)(F)F)NC3=O)ccc2[nH]1. The van der Waals surface area contributed by atoms with Crippen molar-refractivity contribution in [3.05, 3.63) is 41.6 Å². The smallest absolute Gasteiger partial charge is 0.364 e. The first-order valence-corrected chi connectivity index (χ1v) is 12.5. The fraction of sp³-hybridized carbons (Fsp3) is 0.542. The van der Waals surface area contributed by atoms with Crippen molar-refractivity contribution < 1.29 is 40.7 Å². The fourth-order valence-electron chi connectivity index (χ4n) is 4.01. The number of carbonyl (C=O) groups excluding carboxylic acids is 2. The molecule has 3 aromatic rings. The van der Waals surface area contributed by atoms with E-state index in [2.05, 4.69) is 25.4 Å². The minimum absolute atomic E-state index is 0.0302. The maximum absolute atomic E-state index is 13.5. The molecule has 0 radical (unpaired) electrons. The average molecular weight is 591 g/mol. The summed E-state index contributed by atoms with van der Waals surface area (Å²) in [5, 5.41) is 8.59. The Morgan fingerprint density at radius 1 is 1.15 bits per heavy atom. The Hall–Kier alpha value is -3.89. The highest BCUT2D eigenvalue weighted by atomic mass is 19.4. The number of aromatic nitrogens is 5. The van der Waals surface area contributed by atoms with Crippen molar-refractivity contribution in [3.8, 4) is 0 Å². The molecule has 0 spiro atoms. The Bertz CT molecular complexity index is 1410. The zero-order valence-corrected chi connectivity index (χ0v) is 22.4.